The standard InChI is InChI=1S/C25H32N4O3S/c33-25(28-12-8-20-6-7-22-23(16-20)32-19-31-22)27-10-2-5-15-30-24-17-21(9-11-26-24)18-29-13-3-1-4-14-29/h2,5-7,9,11,16-17H,1,3-4,8,10,12-15,18-19H2,(H2,27,28,33)/b5-2-. The van der Waals surface area contributed by atoms with Gasteiger partial charge in [-0.1, -0.05) is 18.6 Å². The van der Waals surface area contributed by atoms with Crippen LogP contribution in [-0.2, 0) is 13.0 Å². The molecule has 0 amide bonds. The van der Waals surface area contributed by atoms with Crippen LogP contribution in [0.3, 0.4) is 0 Å². The van der Waals surface area contributed by atoms with Crippen LogP contribution in [-0.4, -0.2) is 54.6 Å². The first-order valence-corrected chi connectivity index (χ1v) is 12.0. The number of pyridine rings is 1. The molecule has 176 valence electrons. The van der Waals surface area contributed by atoms with Gasteiger partial charge in [0.1, 0.15) is 6.61 Å². The summed E-state index contributed by atoms with van der Waals surface area (Å²) in [5, 5.41) is 7.03. The van der Waals surface area contributed by atoms with Crippen molar-refractivity contribution in [1.82, 2.24) is 20.5 Å². The molecule has 8 heteroatoms. The molecule has 2 aliphatic rings. The van der Waals surface area contributed by atoms with E-state index in [1.807, 2.05) is 42.6 Å². The number of rotatable bonds is 10. The molecular weight excluding hydrogens is 436 g/mol. The van der Waals surface area contributed by atoms with Gasteiger partial charge in [0.25, 0.3) is 0 Å². The third kappa shape index (κ3) is 7.61. The van der Waals surface area contributed by atoms with Crippen LogP contribution in [0.5, 0.6) is 17.4 Å². The Kier molecular flexibility index (Phi) is 8.77. The van der Waals surface area contributed by atoms with Crippen molar-refractivity contribution in [1.29, 1.82) is 0 Å². The Morgan fingerprint density at radius 2 is 1.91 bits per heavy atom. The van der Waals surface area contributed by atoms with Gasteiger partial charge in [0.05, 0.1) is 0 Å². The van der Waals surface area contributed by atoms with Gasteiger partial charge in [-0.2, -0.15) is 0 Å². The number of aromatic nitrogens is 1. The lowest BCUT2D eigenvalue weighted by Gasteiger charge is -2.26. The predicted molar refractivity (Wildman–Crippen MR) is 133 cm³/mol. The van der Waals surface area contributed by atoms with Crippen molar-refractivity contribution < 1.29 is 14.2 Å². The molecule has 3 heterocycles. The Bertz CT molecular complexity index is 947. The number of hydrogen-bond acceptors (Lipinski definition) is 6. The van der Waals surface area contributed by atoms with Crippen LogP contribution in [0.2, 0.25) is 0 Å². The molecule has 0 bridgehead atoms. The van der Waals surface area contributed by atoms with Gasteiger partial charge in [0.2, 0.25) is 12.7 Å². The fraction of sp³-hybridized carbons (Fsp3) is 0.440. The van der Waals surface area contributed by atoms with Crippen LogP contribution in [0, 0.1) is 0 Å². The van der Waals surface area contributed by atoms with Gasteiger partial charge in [-0.25, -0.2) is 4.98 Å². The average Bonchev–Trinajstić information content (AvgIpc) is 3.30. The highest BCUT2D eigenvalue weighted by molar-refractivity contribution is 7.80. The fourth-order valence-electron chi connectivity index (χ4n) is 3.92. The Balaban J connectivity index is 1.08. The number of likely N-dealkylation sites (tertiary alicyclic amines) is 1. The zero-order valence-corrected chi connectivity index (χ0v) is 19.7. The molecule has 7 nitrogen and oxygen atoms in total. The lowest BCUT2D eigenvalue weighted by atomic mass is 10.1. The van der Waals surface area contributed by atoms with E-state index in [1.54, 1.807) is 0 Å². The maximum absolute atomic E-state index is 5.78. The van der Waals surface area contributed by atoms with E-state index in [2.05, 4.69) is 26.6 Å². The Labute approximate surface area is 201 Å². The number of ether oxygens (including phenoxy) is 3. The zero-order valence-electron chi connectivity index (χ0n) is 18.9. The molecule has 2 N–H and O–H groups in total. The molecule has 0 unspecified atom stereocenters. The van der Waals surface area contributed by atoms with Crippen molar-refractivity contribution in [2.24, 2.45) is 0 Å². The van der Waals surface area contributed by atoms with Crippen molar-refractivity contribution in [3.8, 4) is 17.4 Å². The van der Waals surface area contributed by atoms with Crippen LogP contribution in [0.25, 0.3) is 0 Å². The molecule has 2 aromatic rings. The fourth-order valence-corrected chi connectivity index (χ4v) is 4.10. The summed E-state index contributed by atoms with van der Waals surface area (Å²) >= 11 is 5.34. The van der Waals surface area contributed by atoms with Crippen LogP contribution < -0.4 is 24.8 Å². The van der Waals surface area contributed by atoms with Crippen LogP contribution in [0.1, 0.15) is 30.4 Å². The number of hydrogen-bond donors (Lipinski definition) is 2. The Morgan fingerprint density at radius 3 is 2.82 bits per heavy atom. The van der Waals surface area contributed by atoms with Gasteiger partial charge in [-0.05, 0) is 80.0 Å². The van der Waals surface area contributed by atoms with E-state index >= 15 is 0 Å². The molecule has 1 fully saturated rings. The van der Waals surface area contributed by atoms with Gasteiger partial charge in [-0.3, -0.25) is 4.90 Å². The summed E-state index contributed by atoms with van der Waals surface area (Å²) in [7, 11) is 0. The summed E-state index contributed by atoms with van der Waals surface area (Å²) in [6.07, 6.45) is 10.6. The van der Waals surface area contributed by atoms with Crippen molar-refractivity contribution in [2.75, 3.05) is 39.6 Å². The first-order valence-electron chi connectivity index (χ1n) is 11.6. The highest BCUT2D eigenvalue weighted by Gasteiger charge is 2.13. The molecule has 4 rings (SSSR count). The van der Waals surface area contributed by atoms with Gasteiger partial charge in [0.15, 0.2) is 16.6 Å². The third-order valence-corrected chi connectivity index (χ3v) is 5.95. The normalized spacial score (nSPS) is 15.5. The van der Waals surface area contributed by atoms with Gasteiger partial charge in [0, 0.05) is 31.9 Å². The Hall–Kier alpha value is -2.84. The summed E-state index contributed by atoms with van der Waals surface area (Å²) in [6.45, 7) is 5.50. The first kappa shape index (κ1) is 23.3. The summed E-state index contributed by atoms with van der Waals surface area (Å²) in [4.78, 5) is 6.82. The highest BCUT2D eigenvalue weighted by atomic mass is 32.1. The number of nitrogens with zero attached hydrogens (tertiary/aromatic N) is 2. The average molecular weight is 469 g/mol. The van der Waals surface area contributed by atoms with E-state index in [9.17, 15) is 0 Å². The van der Waals surface area contributed by atoms with Crippen molar-refractivity contribution in [2.45, 2.75) is 32.2 Å². The van der Waals surface area contributed by atoms with Crippen LogP contribution >= 0.6 is 12.2 Å². The monoisotopic (exact) mass is 468 g/mol. The molecule has 0 aliphatic carbocycles. The summed E-state index contributed by atoms with van der Waals surface area (Å²) in [6, 6.07) is 10.1. The molecular formula is C25H32N4O3S. The molecule has 0 radical (unpaired) electrons. The van der Waals surface area contributed by atoms with Crippen LogP contribution in [0.4, 0.5) is 0 Å². The molecule has 1 aromatic heterocycles. The van der Waals surface area contributed by atoms with E-state index in [0.717, 1.165) is 31.0 Å². The molecule has 1 saturated heterocycles. The summed E-state index contributed by atoms with van der Waals surface area (Å²) in [5.74, 6) is 2.29. The number of thiocarbonyl (C=S) groups is 1. The largest absolute Gasteiger partial charge is 0.473 e. The smallest absolute Gasteiger partial charge is 0.231 e. The number of fused-ring (bicyclic) bond motifs is 1. The number of benzene rings is 1. The van der Waals surface area contributed by atoms with Crippen molar-refractivity contribution in [3.63, 3.8) is 0 Å². The van der Waals surface area contributed by atoms with Gasteiger partial charge >= 0.3 is 0 Å². The van der Waals surface area contributed by atoms with E-state index in [-0.39, 0.29) is 0 Å². The summed E-state index contributed by atoms with van der Waals surface area (Å²) in [5.41, 5.74) is 2.44. The summed E-state index contributed by atoms with van der Waals surface area (Å²) < 4.78 is 16.5. The first-order chi connectivity index (χ1) is 16.3. The van der Waals surface area contributed by atoms with E-state index < -0.39 is 0 Å². The quantitative estimate of drug-likeness (QED) is 0.406. The van der Waals surface area contributed by atoms with E-state index in [1.165, 1.54) is 43.5 Å². The SMILES string of the molecule is S=C(NC/C=C\COc1cc(CN2CCCCC2)ccn1)NCCc1ccc2c(c1)OCO2. The van der Waals surface area contributed by atoms with Crippen molar-refractivity contribution >= 4 is 17.3 Å². The minimum Gasteiger partial charge on any atom is -0.473 e. The molecule has 33 heavy (non-hydrogen) atoms. The minimum absolute atomic E-state index is 0.297. The van der Waals surface area contributed by atoms with Gasteiger partial charge in [-0.15, -0.1) is 0 Å². The maximum atomic E-state index is 5.78. The van der Waals surface area contributed by atoms with E-state index in [4.69, 9.17) is 26.4 Å². The molecule has 1 aromatic carbocycles. The zero-order chi connectivity index (χ0) is 22.7. The van der Waals surface area contributed by atoms with Gasteiger partial charge < -0.3 is 24.8 Å². The number of piperidine rings is 1. The van der Waals surface area contributed by atoms with Crippen molar-refractivity contribution in [3.05, 3.63) is 59.8 Å². The molecule has 2 aliphatic heterocycles. The lowest BCUT2D eigenvalue weighted by Crippen LogP contribution is -2.36. The second-order valence-electron chi connectivity index (χ2n) is 8.20. The number of nitrogens with one attached hydrogen (secondary N) is 2. The third-order valence-electron chi connectivity index (χ3n) is 5.66. The topological polar surface area (TPSA) is 67.9 Å². The predicted octanol–water partition coefficient (Wildman–Crippen LogP) is 3.44. The molecule has 0 saturated carbocycles. The highest BCUT2D eigenvalue weighted by Crippen LogP contribution is 2.32. The molecule has 0 spiro atoms. The minimum atomic E-state index is 0.297. The second-order valence-corrected chi connectivity index (χ2v) is 8.60. The molecule has 0 atom stereocenters. The van der Waals surface area contributed by atoms with Crippen LogP contribution in [0.15, 0.2) is 48.7 Å². The van der Waals surface area contributed by atoms with E-state index in [0.29, 0.717) is 30.9 Å². The lowest BCUT2D eigenvalue weighted by molar-refractivity contribution is 0.174. The maximum Gasteiger partial charge on any atom is 0.231 e. The second kappa shape index (κ2) is 12.4. The Morgan fingerprint density at radius 1 is 1.03 bits per heavy atom.